The number of nitrogen functional groups attached to an aromatic ring is 1. The zero-order valence-electron chi connectivity index (χ0n) is 10.9. The van der Waals surface area contributed by atoms with E-state index < -0.39 is 12.1 Å². The Bertz CT molecular complexity index is 542. The van der Waals surface area contributed by atoms with Crippen molar-refractivity contribution in [1.82, 2.24) is 10.2 Å². The number of hydrogen-bond acceptors (Lipinski definition) is 4. The van der Waals surface area contributed by atoms with E-state index in [4.69, 9.17) is 16.9 Å². The van der Waals surface area contributed by atoms with Crippen LogP contribution < -0.4 is 16.8 Å². The summed E-state index contributed by atoms with van der Waals surface area (Å²) in [5, 5.41) is 11.9. The number of hydrogen-bond donors (Lipinski definition) is 4. The SMILES string of the molecule is N=C(N)c1csc(CNC(=O)[C@@H]2CCCN2C(N)=O)c1. The smallest absolute Gasteiger partial charge is 0.315 e. The zero-order chi connectivity index (χ0) is 14.7. The molecule has 6 N–H and O–H groups in total. The zero-order valence-corrected chi connectivity index (χ0v) is 11.7. The van der Waals surface area contributed by atoms with Gasteiger partial charge >= 0.3 is 6.03 Å². The summed E-state index contributed by atoms with van der Waals surface area (Å²) >= 11 is 1.43. The highest BCUT2D eigenvalue weighted by atomic mass is 32.1. The van der Waals surface area contributed by atoms with Crippen molar-refractivity contribution in [2.75, 3.05) is 6.54 Å². The number of thiophene rings is 1. The van der Waals surface area contributed by atoms with Gasteiger partial charge < -0.3 is 21.7 Å². The maximum atomic E-state index is 12.1. The van der Waals surface area contributed by atoms with Gasteiger partial charge in [-0.1, -0.05) is 0 Å². The van der Waals surface area contributed by atoms with Gasteiger partial charge in [-0.2, -0.15) is 0 Å². The van der Waals surface area contributed by atoms with Gasteiger partial charge in [-0.15, -0.1) is 11.3 Å². The minimum Gasteiger partial charge on any atom is -0.384 e. The van der Waals surface area contributed by atoms with Crippen molar-refractivity contribution >= 4 is 29.1 Å². The van der Waals surface area contributed by atoms with E-state index in [-0.39, 0.29) is 11.7 Å². The number of nitrogens with zero attached hydrogens (tertiary/aromatic N) is 1. The van der Waals surface area contributed by atoms with Gasteiger partial charge in [-0.25, -0.2) is 4.79 Å². The number of rotatable bonds is 4. The minimum absolute atomic E-state index is 0.00882. The van der Waals surface area contributed by atoms with Gasteiger partial charge in [0.25, 0.3) is 0 Å². The van der Waals surface area contributed by atoms with Crippen LogP contribution in [-0.2, 0) is 11.3 Å². The second kappa shape index (κ2) is 5.91. The summed E-state index contributed by atoms with van der Waals surface area (Å²) in [6.45, 7) is 0.890. The standard InChI is InChI=1S/C12H17N5O2S/c13-10(14)7-4-8(20-6-7)5-16-11(18)9-2-1-3-17(9)12(15)19/h4,6,9H,1-3,5H2,(H3,13,14)(H2,15,19)(H,16,18)/t9-/m0/s1. The summed E-state index contributed by atoms with van der Waals surface area (Å²) in [5.41, 5.74) is 11.3. The first-order valence-corrected chi connectivity index (χ1v) is 7.12. The molecule has 0 unspecified atom stereocenters. The second-order valence-electron chi connectivity index (χ2n) is 4.62. The lowest BCUT2D eigenvalue weighted by Gasteiger charge is -2.21. The van der Waals surface area contributed by atoms with E-state index in [1.807, 2.05) is 0 Å². The molecule has 1 saturated heterocycles. The van der Waals surface area contributed by atoms with E-state index >= 15 is 0 Å². The van der Waals surface area contributed by atoms with Crippen molar-refractivity contribution < 1.29 is 9.59 Å². The highest BCUT2D eigenvalue weighted by molar-refractivity contribution is 7.10. The normalized spacial score (nSPS) is 18.0. The third-order valence-electron chi connectivity index (χ3n) is 3.24. The molecule has 1 aliphatic heterocycles. The molecule has 2 rings (SSSR count). The van der Waals surface area contributed by atoms with Crippen LogP contribution in [0.2, 0.25) is 0 Å². The molecular formula is C12H17N5O2S. The Morgan fingerprint density at radius 3 is 2.85 bits per heavy atom. The average molecular weight is 295 g/mol. The summed E-state index contributed by atoms with van der Waals surface area (Å²) in [7, 11) is 0. The van der Waals surface area contributed by atoms with Crippen LogP contribution in [0.3, 0.4) is 0 Å². The van der Waals surface area contributed by atoms with Crippen molar-refractivity contribution in [1.29, 1.82) is 5.41 Å². The first-order valence-electron chi connectivity index (χ1n) is 6.24. The first kappa shape index (κ1) is 14.3. The number of nitrogens with two attached hydrogens (primary N) is 2. The molecule has 1 aromatic heterocycles. The number of carbonyl (C=O) groups excluding carboxylic acids is 2. The Kier molecular flexibility index (Phi) is 4.23. The highest BCUT2D eigenvalue weighted by Gasteiger charge is 2.32. The van der Waals surface area contributed by atoms with Crippen LogP contribution in [0.15, 0.2) is 11.4 Å². The number of amides is 3. The molecule has 2 heterocycles. The molecule has 1 aromatic rings. The predicted molar refractivity (Wildman–Crippen MR) is 76.5 cm³/mol. The summed E-state index contributed by atoms with van der Waals surface area (Å²) in [6.07, 6.45) is 1.42. The molecule has 1 fully saturated rings. The topological polar surface area (TPSA) is 125 Å². The molecule has 3 amide bonds. The third kappa shape index (κ3) is 3.08. The van der Waals surface area contributed by atoms with Gasteiger partial charge in [0.05, 0.1) is 6.54 Å². The summed E-state index contributed by atoms with van der Waals surface area (Å²) in [6, 6.07) is 0.741. The number of primary amides is 1. The fourth-order valence-electron chi connectivity index (χ4n) is 2.21. The van der Waals surface area contributed by atoms with Crippen molar-refractivity contribution in [3.8, 4) is 0 Å². The monoisotopic (exact) mass is 295 g/mol. The van der Waals surface area contributed by atoms with Crippen molar-refractivity contribution in [2.24, 2.45) is 11.5 Å². The second-order valence-corrected chi connectivity index (χ2v) is 5.62. The Morgan fingerprint density at radius 2 is 2.25 bits per heavy atom. The molecule has 0 aliphatic carbocycles. The van der Waals surface area contributed by atoms with Gasteiger partial charge in [-0.3, -0.25) is 10.2 Å². The van der Waals surface area contributed by atoms with Gasteiger partial charge in [0, 0.05) is 22.4 Å². The minimum atomic E-state index is -0.558. The van der Waals surface area contributed by atoms with E-state index in [1.54, 1.807) is 11.4 Å². The van der Waals surface area contributed by atoms with E-state index in [0.29, 0.717) is 25.1 Å². The maximum absolute atomic E-state index is 12.1. The molecule has 1 atom stereocenters. The molecule has 0 spiro atoms. The van der Waals surface area contributed by atoms with Crippen molar-refractivity contribution in [2.45, 2.75) is 25.4 Å². The molecule has 7 nitrogen and oxygen atoms in total. The molecule has 108 valence electrons. The van der Waals surface area contributed by atoms with Crippen LogP contribution in [0.1, 0.15) is 23.3 Å². The molecule has 0 aromatic carbocycles. The number of carbonyl (C=O) groups is 2. The van der Waals surface area contributed by atoms with Gasteiger partial charge in [0.15, 0.2) is 0 Å². The van der Waals surface area contributed by atoms with Crippen molar-refractivity contribution in [3.05, 3.63) is 21.9 Å². The lowest BCUT2D eigenvalue weighted by atomic mass is 10.2. The summed E-state index contributed by atoms with van der Waals surface area (Å²) in [4.78, 5) is 25.6. The molecule has 8 heteroatoms. The summed E-state index contributed by atoms with van der Waals surface area (Å²) < 4.78 is 0. The van der Waals surface area contributed by atoms with Crippen LogP contribution in [-0.4, -0.2) is 35.3 Å². The Labute approximate surface area is 120 Å². The maximum Gasteiger partial charge on any atom is 0.315 e. The van der Waals surface area contributed by atoms with Gasteiger partial charge in [0.1, 0.15) is 11.9 Å². The Balaban J connectivity index is 1.91. The largest absolute Gasteiger partial charge is 0.384 e. The number of amidine groups is 1. The van der Waals surface area contributed by atoms with E-state index in [1.165, 1.54) is 16.2 Å². The van der Waals surface area contributed by atoms with Crippen LogP contribution in [0.25, 0.3) is 0 Å². The molecule has 0 radical (unpaired) electrons. The van der Waals surface area contributed by atoms with E-state index in [2.05, 4.69) is 5.32 Å². The third-order valence-corrected chi connectivity index (χ3v) is 4.18. The number of nitrogens with one attached hydrogen (secondary N) is 2. The molecule has 20 heavy (non-hydrogen) atoms. The van der Waals surface area contributed by atoms with Crippen molar-refractivity contribution in [3.63, 3.8) is 0 Å². The van der Waals surface area contributed by atoms with Crippen LogP contribution in [0.5, 0.6) is 0 Å². The molecule has 0 saturated carbocycles. The first-order chi connectivity index (χ1) is 9.49. The quantitative estimate of drug-likeness (QED) is 0.468. The molecule has 0 bridgehead atoms. The predicted octanol–water partition coefficient (Wildman–Crippen LogP) is 0.191. The molecule has 1 aliphatic rings. The highest BCUT2D eigenvalue weighted by Crippen LogP contribution is 2.18. The fourth-order valence-corrected chi connectivity index (χ4v) is 3.03. The Hall–Kier alpha value is -2.09. The fraction of sp³-hybridized carbons (Fsp3) is 0.417. The van der Waals surface area contributed by atoms with E-state index in [9.17, 15) is 9.59 Å². The lowest BCUT2D eigenvalue weighted by molar-refractivity contribution is -0.124. The number of urea groups is 1. The number of likely N-dealkylation sites (tertiary alicyclic amines) is 1. The van der Waals surface area contributed by atoms with E-state index in [0.717, 1.165) is 11.3 Å². The van der Waals surface area contributed by atoms with Crippen LogP contribution in [0.4, 0.5) is 4.79 Å². The van der Waals surface area contributed by atoms with Gasteiger partial charge in [0.2, 0.25) is 5.91 Å². The lowest BCUT2D eigenvalue weighted by Crippen LogP contribution is -2.47. The van der Waals surface area contributed by atoms with Crippen LogP contribution in [0, 0.1) is 5.41 Å². The Morgan fingerprint density at radius 1 is 1.50 bits per heavy atom. The van der Waals surface area contributed by atoms with Crippen LogP contribution >= 0.6 is 11.3 Å². The summed E-state index contributed by atoms with van der Waals surface area (Å²) in [5.74, 6) is -0.186. The average Bonchev–Trinajstić information content (AvgIpc) is 3.04. The van der Waals surface area contributed by atoms with Gasteiger partial charge in [-0.05, 0) is 18.9 Å². The molecular weight excluding hydrogens is 278 g/mol.